The van der Waals surface area contributed by atoms with Crippen molar-refractivity contribution in [2.24, 2.45) is 11.1 Å². The van der Waals surface area contributed by atoms with E-state index in [0.717, 1.165) is 0 Å². The lowest BCUT2D eigenvalue weighted by Gasteiger charge is -2.26. The molecule has 1 atom stereocenters. The third-order valence-electron chi connectivity index (χ3n) is 3.07. The molecule has 0 spiro atoms. The standard InChI is InChI=1S/C15H22N2O2/c1-10(18)11-6-5-7-12(8-11)17-14(19)9-13(16)15(2,3)4/h5-8,13H,9,16H2,1-4H3,(H,17,19). The summed E-state index contributed by atoms with van der Waals surface area (Å²) < 4.78 is 0. The van der Waals surface area contributed by atoms with E-state index >= 15 is 0 Å². The van der Waals surface area contributed by atoms with Gasteiger partial charge in [0.1, 0.15) is 0 Å². The van der Waals surface area contributed by atoms with Crippen LogP contribution in [0.5, 0.6) is 0 Å². The van der Waals surface area contributed by atoms with Crippen molar-refractivity contribution in [2.45, 2.75) is 40.2 Å². The fourth-order valence-corrected chi connectivity index (χ4v) is 1.53. The number of nitrogens with one attached hydrogen (secondary N) is 1. The number of rotatable bonds is 4. The highest BCUT2D eigenvalue weighted by Gasteiger charge is 2.23. The van der Waals surface area contributed by atoms with Crippen molar-refractivity contribution < 1.29 is 9.59 Å². The molecular formula is C15H22N2O2. The van der Waals surface area contributed by atoms with E-state index in [2.05, 4.69) is 5.32 Å². The van der Waals surface area contributed by atoms with Gasteiger partial charge >= 0.3 is 0 Å². The van der Waals surface area contributed by atoms with E-state index in [1.165, 1.54) is 6.92 Å². The number of amides is 1. The van der Waals surface area contributed by atoms with E-state index < -0.39 is 0 Å². The first-order valence-corrected chi connectivity index (χ1v) is 6.36. The van der Waals surface area contributed by atoms with Gasteiger partial charge in [-0.2, -0.15) is 0 Å². The normalized spacial score (nSPS) is 12.9. The lowest BCUT2D eigenvalue weighted by atomic mass is 9.85. The Labute approximate surface area is 114 Å². The maximum absolute atomic E-state index is 11.9. The quantitative estimate of drug-likeness (QED) is 0.819. The highest BCUT2D eigenvalue weighted by atomic mass is 16.1. The predicted molar refractivity (Wildman–Crippen MR) is 77.1 cm³/mol. The second-order valence-electron chi connectivity index (χ2n) is 5.86. The van der Waals surface area contributed by atoms with Crippen LogP contribution in [0.4, 0.5) is 5.69 Å². The molecule has 0 aliphatic carbocycles. The summed E-state index contributed by atoms with van der Waals surface area (Å²) >= 11 is 0. The topological polar surface area (TPSA) is 72.2 Å². The number of benzene rings is 1. The molecule has 19 heavy (non-hydrogen) atoms. The van der Waals surface area contributed by atoms with Crippen LogP contribution >= 0.6 is 0 Å². The van der Waals surface area contributed by atoms with E-state index in [9.17, 15) is 9.59 Å². The smallest absolute Gasteiger partial charge is 0.225 e. The minimum atomic E-state index is -0.205. The number of hydrogen-bond acceptors (Lipinski definition) is 3. The minimum Gasteiger partial charge on any atom is -0.327 e. The number of ketones is 1. The average molecular weight is 262 g/mol. The molecule has 1 aromatic rings. The fourth-order valence-electron chi connectivity index (χ4n) is 1.53. The summed E-state index contributed by atoms with van der Waals surface area (Å²) in [5.74, 6) is -0.161. The summed E-state index contributed by atoms with van der Waals surface area (Å²) in [4.78, 5) is 23.1. The SMILES string of the molecule is CC(=O)c1cccc(NC(=O)CC(N)C(C)(C)C)c1. The van der Waals surface area contributed by atoms with Crippen LogP contribution in [0, 0.1) is 5.41 Å². The molecule has 0 aliphatic heterocycles. The molecule has 0 saturated carbocycles. The van der Waals surface area contributed by atoms with Crippen LogP contribution < -0.4 is 11.1 Å². The Morgan fingerprint density at radius 3 is 2.47 bits per heavy atom. The highest BCUT2D eigenvalue weighted by molar-refractivity contribution is 5.97. The van der Waals surface area contributed by atoms with Crippen molar-refractivity contribution in [3.63, 3.8) is 0 Å². The van der Waals surface area contributed by atoms with E-state index in [1.54, 1.807) is 24.3 Å². The second-order valence-corrected chi connectivity index (χ2v) is 5.86. The number of Topliss-reactive ketones (excluding diaryl/α,β-unsaturated/α-hetero) is 1. The van der Waals surface area contributed by atoms with Crippen molar-refractivity contribution in [1.82, 2.24) is 0 Å². The highest BCUT2D eigenvalue weighted by Crippen LogP contribution is 2.20. The Morgan fingerprint density at radius 2 is 1.95 bits per heavy atom. The Morgan fingerprint density at radius 1 is 1.32 bits per heavy atom. The van der Waals surface area contributed by atoms with E-state index in [-0.39, 0.29) is 29.6 Å². The maximum Gasteiger partial charge on any atom is 0.225 e. The van der Waals surface area contributed by atoms with Gasteiger partial charge in [-0.3, -0.25) is 9.59 Å². The Hall–Kier alpha value is -1.68. The van der Waals surface area contributed by atoms with Crippen LogP contribution in [0.25, 0.3) is 0 Å². The van der Waals surface area contributed by atoms with Crippen LogP contribution in [0.3, 0.4) is 0 Å². The molecule has 4 nitrogen and oxygen atoms in total. The van der Waals surface area contributed by atoms with Gasteiger partial charge in [0.25, 0.3) is 0 Å². The van der Waals surface area contributed by atoms with Gasteiger partial charge in [0.15, 0.2) is 5.78 Å². The van der Waals surface area contributed by atoms with Crippen LogP contribution in [-0.2, 0) is 4.79 Å². The third-order valence-corrected chi connectivity index (χ3v) is 3.07. The van der Waals surface area contributed by atoms with Crippen LogP contribution in [-0.4, -0.2) is 17.7 Å². The lowest BCUT2D eigenvalue weighted by Crippen LogP contribution is -2.38. The van der Waals surface area contributed by atoms with E-state index in [0.29, 0.717) is 11.3 Å². The molecule has 0 bridgehead atoms. The minimum absolute atomic E-state index is 0.0255. The third kappa shape index (κ3) is 4.83. The maximum atomic E-state index is 11.9. The molecule has 0 aromatic heterocycles. The summed E-state index contributed by atoms with van der Waals surface area (Å²) in [5, 5.41) is 2.77. The van der Waals surface area contributed by atoms with Crippen LogP contribution in [0.15, 0.2) is 24.3 Å². The molecule has 1 aromatic carbocycles. The fraction of sp³-hybridized carbons (Fsp3) is 0.467. The summed E-state index contributed by atoms with van der Waals surface area (Å²) in [7, 11) is 0. The molecule has 3 N–H and O–H groups in total. The van der Waals surface area contributed by atoms with Crippen molar-refractivity contribution in [1.29, 1.82) is 0 Å². The largest absolute Gasteiger partial charge is 0.327 e. The summed E-state index contributed by atoms with van der Waals surface area (Å²) in [6, 6.07) is 6.69. The number of carbonyl (C=O) groups is 2. The molecule has 0 radical (unpaired) electrons. The van der Waals surface area contributed by atoms with Crippen molar-refractivity contribution >= 4 is 17.4 Å². The average Bonchev–Trinajstić information content (AvgIpc) is 2.27. The van der Waals surface area contributed by atoms with Gasteiger partial charge in [-0.15, -0.1) is 0 Å². The van der Waals surface area contributed by atoms with Crippen molar-refractivity contribution in [2.75, 3.05) is 5.32 Å². The predicted octanol–water partition coefficient (Wildman–Crippen LogP) is 2.59. The molecule has 0 fully saturated rings. The van der Waals surface area contributed by atoms with Gasteiger partial charge in [0.2, 0.25) is 5.91 Å². The summed E-state index contributed by atoms with van der Waals surface area (Å²) in [6.07, 6.45) is 0.258. The van der Waals surface area contributed by atoms with Crippen molar-refractivity contribution in [3.05, 3.63) is 29.8 Å². The van der Waals surface area contributed by atoms with Crippen LogP contribution in [0.1, 0.15) is 44.5 Å². The molecule has 1 rings (SSSR count). The first-order chi connectivity index (χ1) is 8.70. The van der Waals surface area contributed by atoms with Crippen LogP contribution in [0.2, 0.25) is 0 Å². The zero-order valence-electron chi connectivity index (χ0n) is 12.0. The number of hydrogen-bond donors (Lipinski definition) is 2. The Bertz CT molecular complexity index is 475. The van der Waals surface area contributed by atoms with Gasteiger partial charge < -0.3 is 11.1 Å². The molecule has 0 heterocycles. The Kier molecular flexibility index (Phi) is 4.84. The van der Waals surface area contributed by atoms with Gasteiger partial charge in [0, 0.05) is 23.7 Å². The zero-order chi connectivity index (χ0) is 14.6. The number of carbonyl (C=O) groups excluding carboxylic acids is 2. The van der Waals surface area contributed by atoms with Gasteiger partial charge in [-0.05, 0) is 24.5 Å². The van der Waals surface area contributed by atoms with E-state index in [4.69, 9.17) is 5.73 Å². The van der Waals surface area contributed by atoms with Crippen molar-refractivity contribution in [3.8, 4) is 0 Å². The summed E-state index contributed by atoms with van der Waals surface area (Å²) in [6.45, 7) is 7.50. The Balaban J connectivity index is 2.67. The molecular weight excluding hydrogens is 240 g/mol. The lowest BCUT2D eigenvalue weighted by molar-refractivity contribution is -0.117. The van der Waals surface area contributed by atoms with Gasteiger partial charge in [-0.25, -0.2) is 0 Å². The second kappa shape index (κ2) is 5.97. The molecule has 104 valence electrons. The first-order valence-electron chi connectivity index (χ1n) is 6.36. The molecule has 1 unspecified atom stereocenters. The number of anilines is 1. The van der Waals surface area contributed by atoms with Gasteiger partial charge in [-0.1, -0.05) is 32.9 Å². The molecule has 1 amide bonds. The zero-order valence-corrected chi connectivity index (χ0v) is 12.0. The molecule has 0 saturated heterocycles. The molecule has 0 aliphatic rings. The van der Waals surface area contributed by atoms with Gasteiger partial charge in [0.05, 0.1) is 0 Å². The molecule has 4 heteroatoms. The first kappa shape index (κ1) is 15.4. The van der Waals surface area contributed by atoms with E-state index in [1.807, 2.05) is 20.8 Å². The summed E-state index contributed by atoms with van der Waals surface area (Å²) in [5.41, 5.74) is 7.06. The number of nitrogens with two attached hydrogens (primary N) is 1. The monoisotopic (exact) mass is 262 g/mol.